The van der Waals surface area contributed by atoms with Crippen LogP contribution < -0.4 is 10.1 Å². The number of carbonyl (C=O) groups is 2. The summed E-state index contributed by atoms with van der Waals surface area (Å²) in [5, 5.41) is 2.75. The number of aryl methyl sites for hydroxylation is 1. The summed E-state index contributed by atoms with van der Waals surface area (Å²) in [6, 6.07) is 15.3. The van der Waals surface area contributed by atoms with Crippen LogP contribution in [-0.2, 0) is 20.9 Å². The van der Waals surface area contributed by atoms with Crippen LogP contribution in [0.2, 0.25) is 0 Å². The maximum Gasteiger partial charge on any atom is 0.336 e. The summed E-state index contributed by atoms with van der Waals surface area (Å²) in [5.74, 6) is -0.309. The van der Waals surface area contributed by atoms with E-state index < -0.39 is 11.9 Å². The van der Waals surface area contributed by atoms with E-state index in [4.69, 9.17) is 9.47 Å². The van der Waals surface area contributed by atoms with E-state index in [-0.39, 0.29) is 18.9 Å². The third-order valence-corrected chi connectivity index (χ3v) is 4.69. The number of esters is 1. The number of hydrogen-bond donors (Lipinski definition) is 1. The van der Waals surface area contributed by atoms with Crippen LogP contribution in [0.3, 0.4) is 0 Å². The van der Waals surface area contributed by atoms with Crippen molar-refractivity contribution in [3.05, 3.63) is 76.5 Å². The molecule has 0 aliphatic carbocycles. The number of rotatable bonds is 5. The van der Waals surface area contributed by atoms with Gasteiger partial charge in [0.25, 0.3) is 0 Å². The molecule has 1 aliphatic rings. The molecule has 5 heteroatoms. The highest BCUT2D eigenvalue weighted by Gasteiger charge is 2.34. The minimum Gasteiger partial charge on any atom is -0.496 e. The summed E-state index contributed by atoms with van der Waals surface area (Å²) in [7, 11) is 1.58. The van der Waals surface area contributed by atoms with Crippen LogP contribution in [-0.4, -0.2) is 19.0 Å². The van der Waals surface area contributed by atoms with E-state index in [0.29, 0.717) is 17.0 Å². The number of carbonyl (C=O) groups excluding carboxylic acids is 2. The third-order valence-electron chi connectivity index (χ3n) is 4.69. The van der Waals surface area contributed by atoms with Gasteiger partial charge in [0.2, 0.25) is 5.91 Å². The van der Waals surface area contributed by atoms with Crippen molar-refractivity contribution in [2.75, 3.05) is 7.11 Å². The molecule has 1 amide bonds. The second kappa shape index (κ2) is 8.08. The maximum absolute atomic E-state index is 12.9. The molecule has 0 saturated heterocycles. The Morgan fingerprint density at radius 1 is 1.11 bits per heavy atom. The molecule has 2 aromatic carbocycles. The van der Waals surface area contributed by atoms with Crippen molar-refractivity contribution in [3.8, 4) is 5.75 Å². The van der Waals surface area contributed by atoms with Crippen LogP contribution in [0.1, 0.15) is 36.0 Å². The van der Waals surface area contributed by atoms with E-state index in [1.165, 1.54) is 0 Å². The SMILES string of the molecule is COc1ccccc1[C@H]1CC(=O)NC(C)=C1C(=O)OCc1ccc(C)cc1. The van der Waals surface area contributed by atoms with E-state index >= 15 is 0 Å². The predicted octanol–water partition coefficient (Wildman–Crippen LogP) is 3.62. The monoisotopic (exact) mass is 365 g/mol. The van der Waals surface area contributed by atoms with Crippen LogP contribution in [0.25, 0.3) is 0 Å². The first-order valence-corrected chi connectivity index (χ1v) is 8.85. The lowest BCUT2D eigenvalue weighted by atomic mass is 9.84. The Bertz CT molecular complexity index is 883. The Hall–Kier alpha value is -3.08. The zero-order valence-electron chi connectivity index (χ0n) is 15.7. The van der Waals surface area contributed by atoms with E-state index in [9.17, 15) is 9.59 Å². The number of methoxy groups -OCH3 is 1. The van der Waals surface area contributed by atoms with Crippen LogP contribution in [0.5, 0.6) is 5.75 Å². The molecule has 140 valence electrons. The topological polar surface area (TPSA) is 64.6 Å². The molecule has 3 rings (SSSR count). The molecule has 1 N–H and O–H groups in total. The molecule has 0 fully saturated rings. The van der Waals surface area contributed by atoms with Crippen molar-refractivity contribution >= 4 is 11.9 Å². The first-order chi connectivity index (χ1) is 13.0. The van der Waals surface area contributed by atoms with Crippen molar-refractivity contribution in [1.29, 1.82) is 0 Å². The molecule has 1 aliphatic heterocycles. The molecule has 2 aromatic rings. The average Bonchev–Trinajstić information content (AvgIpc) is 2.66. The molecule has 0 unspecified atom stereocenters. The molecule has 1 heterocycles. The van der Waals surface area contributed by atoms with E-state index in [2.05, 4.69) is 5.32 Å². The molecule has 5 nitrogen and oxygen atoms in total. The average molecular weight is 365 g/mol. The largest absolute Gasteiger partial charge is 0.496 e. The summed E-state index contributed by atoms with van der Waals surface area (Å²) in [5.41, 5.74) is 3.86. The molecular formula is C22H23NO4. The van der Waals surface area contributed by atoms with Gasteiger partial charge in [0.1, 0.15) is 12.4 Å². The Morgan fingerprint density at radius 2 is 1.81 bits per heavy atom. The van der Waals surface area contributed by atoms with Gasteiger partial charge < -0.3 is 14.8 Å². The third kappa shape index (κ3) is 4.19. The van der Waals surface area contributed by atoms with Crippen LogP contribution >= 0.6 is 0 Å². The maximum atomic E-state index is 12.9. The molecule has 1 atom stereocenters. The van der Waals surface area contributed by atoms with Crippen LogP contribution in [0.4, 0.5) is 0 Å². The lowest BCUT2D eigenvalue weighted by molar-refractivity contribution is -0.141. The first-order valence-electron chi connectivity index (χ1n) is 8.85. The van der Waals surface area contributed by atoms with Crippen molar-refractivity contribution in [2.24, 2.45) is 0 Å². The number of amides is 1. The summed E-state index contributed by atoms with van der Waals surface area (Å²) in [6.07, 6.45) is 0.173. The van der Waals surface area contributed by atoms with E-state index in [1.54, 1.807) is 14.0 Å². The van der Waals surface area contributed by atoms with Crippen LogP contribution in [0, 0.1) is 6.92 Å². The standard InChI is InChI=1S/C22H23NO4/c1-14-8-10-16(11-9-14)13-27-22(25)21-15(2)23-20(24)12-18(21)17-6-4-5-7-19(17)26-3/h4-11,18H,12-13H2,1-3H3,(H,23,24)/t18-/m1/s1. The van der Waals surface area contributed by atoms with E-state index in [1.807, 2.05) is 55.5 Å². The molecule has 0 radical (unpaired) electrons. The molecular weight excluding hydrogens is 342 g/mol. The minimum absolute atomic E-state index is 0.126. The van der Waals surface area contributed by atoms with Gasteiger partial charge in [-0.15, -0.1) is 0 Å². The minimum atomic E-state index is -0.427. The Morgan fingerprint density at radius 3 is 2.52 bits per heavy atom. The van der Waals surface area contributed by atoms with Gasteiger partial charge in [0, 0.05) is 23.6 Å². The number of para-hydroxylation sites is 1. The zero-order chi connectivity index (χ0) is 19.4. The normalized spacial score (nSPS) is 16.7. The lowest BCUT2D eigenvalue weighted by Crippen LogP contribution is -2.34. The highest BCUT2D eigenvalue weighted by atomic mass is 16.5. The number of nitrogens with one attached hydrogen (secondary N) is 1. The summed E-state index contributed by atoms with van der Waals surface area (Å²) < 4.78 is 11.0. The van der Waals surface area contributed by atoms with Crippen LogP contribution in [0.15, 0.2) is 59.8 Å². The quantitative estimate of drug-likeness (QED) is 0.822. The smallest absolute Gasteiger partial charge is 0.336 e. The summed E-state index contributed by atoms with van der Waals surface area (Å²) in [4.78, 5) is 25.0. The van der Waals surface area contributed by atoms with Crippen molar-refractivity contribution in [3.63, 3.8) is 0 Å². The Kier molecular flexibility index (Phi) is 5.60. The Labute approximate surface area is 159 Å². The summed E-state index contributed by atoms with van der Waals surface area (Å²) >= 11 is 0. The number of allylic oxidation sites excluding steroid dienone is 1. The van der Waals surface area contributed by atoms with Crippen molar-refractivity contribution in [1.82, 2.24) is 5.32 Å². The number of hydrogen-bond acceptors (Lipinski definition) is 4. The van der Waals surface area contributed by atoms with Gasteiger partial charge in [-0.2, -0.15) is 0 Å². The lowest BCUT2D eigenvalue weighted by Gasteiger charge is -2.27. The highest BCUT2D eigenvalue weighted by molar-refractivity contribution is 5.96. The predicted molar refractivity (Wildman–Crippen MR) is 102 cm³/mol. The fourth-order valence-corrected chi connectivity index (χ4v) is 3.30. The van der Waals surface area contributed by atoms with Crippen molar-refractivity contribution in [2.45, 2.75) is 32.8 Å². The first kappa shape index (κ1) is 18.7. The molecule has 27 heavy (non-hydrogen) atoms. The fourth-order valence-electron chi connectivity index (χ4n) is 3.30. The van der Waals surface area contributed by atoms with Gasteiger partial charge in [0.05, 0.1) is 12.7 Å². The molecule has 0 saturated carbocycles. The van der Waals surface area contributed by atoms with Crippen molar-refractivity contribution < 1.29 is 19.1 Å². The van der Waals surface area contributed by atoms with Gasteiger partial charge in [-0.1, -0.05) is 48.0 Å². The zero-order valence-corrected chi connectivity index (χ0v) is 15.7. The second-order valence-corrected chi connectivity index (χ2v) is 6.65. The molecule has 0 bridgehead atoms. The summed E-state index contributed by atoms with van der Waals surface area (Å²) in [6.45, 7) is 3.91. The molecule has 0 aromatic heterocycles. The second-order valence-electron chi connectivity index (χ2n) is 6.65. The highest BCUT2D eigenvalue weighted by Crippen LogP contribution is 2.38. The van der Waals surface area contributed by atoms with Gasteiger partial charge >= 0.3 is 5.97 Å². The number of benzene rings is 2. The van der Waals surface area contributed by atoms with E-state index in [0.717, 1.165) is 16.7 Å². The van der Waals surface area contributed by atoms with Gasteiger partial charge in [-0.05, 0) is 25.5 Å². The Balaban J connectivity index is 1.87. The fraction of sp³-hybridized carbons (Fsp3) is 0.273. The van der Waals surface area contributed by atoms with Gasteiger partial charge in [0.15, 0.2) is 0 Å². The molecule has 0 spiro atoms. The van der Waals surface area contributed by atoms with Gasteiger partial charge in [-0.25, -0.2) is 4.79 Å². The van der Waals surface area contributed by atoms with Gasteiger partial charge in [-0.3, -0.25) is 4.79 Å². The number of ether oxygens (including phenoxy) is 2.